The maximum absolute atomic E-state index is 12.8. The summed E-state index contributed by atoms with van der Waals surface area (Å²) >= 11 is 1.34. The molecule has 26 heavy (non-hydrogen) atoms. The van der Waals surface area contributed by atoms with Crippen molar-refractivity contribution in [3.63, 3.8) is 0 Å². The monoisotopic (exact) mass is 375 g/mol. The van der Waals surface area contributed by atoms with Gasteiger partial charge in [-0.3, -0.25) is 14.2 Å². The molecule has 0 bridgehead atoms. The number of carbonyl (C=O) groups is 1. The van der Waals surface area contributed by atoms with Crippen LogP contribution in [0, 0.1) is 0 Å². The number of para-hydroxylation sites is 1. The minimum atomic E-state index is -0.0407. The predicted octanol–water partition coefficient (Wildman–Crippen LogP) is 2.53. The van der Waals surface area contributed by atoms with E-state index in [1.54, 1.807) is 10.6 Å². The molecule has 2 aromatic rings. The Morgan fingerprint density at radius 3 is 2.65 bits per heavy atom. The number of hydrogen-bond donors (Lipinski definition) is 0. The number of nitrogens with zero attached hydrogens (tertiary/aromatic N) is 3. The van der Waals surface area contributed by atoms with Gasteiger partial charge in [0.05, 0.1) is 28.9 Å². The van der Waals surface area contributed by atoms with Gasteiger partial charge in [0.15, 0.2) is 5.16 Å². The fourth-order valence-electron chi connectivity index (χ4n) is 3.28. The van der Waals surface area contributed by atoms with Gasteiger partial charge >= 0.3 is 0 Å². The average molecular weight is 375 g/mol. The van der Waals surface area contributed by atoms with Crippen LogP contribution in [0.3, 0.4) is 0 Å². The Labute approximate surface area is 157 Å². The van der Waals surface area contributed by atoms with Crippen LogP contribution in [-0.2, 0) is 16.1 Å². The third-order valence-corrected chi connectivity index (χ3v) is 5.33. The molecule has 0 spiro atoms. The van der Waals surface area contributed by atoms with Crippen molar-refractivity contribution in [3.05, 3.63) is 34.6 Å². The lowest BCUT2D eigenvalue weighted by Crippen LogP contribution is -2.48. The number of amides is 1. The average Bonchev–Trinajstić information content (AvgIpc) is 2.61. The molecule has 2 atom stereocenters. The minimum absolute atomic E-state index is 0.0407. The molecule has 1 amide bonds. The number of carbonyl (C=O) groups excluding carboxylic acids is 1. The SMILES string of the molecule is CCCn1c(SCC(=O)N2C[C@H](C)O[C@@H](C)C2)nc2ccccc2c1=O. The zero-order chi connectivity index (χ0) is 18.7. The molecule has 6 nitrogen and oxygen atoms in total. The number of hydrogen-bond acceptors (Lipinski definition) is 5. The smallest absolute Gasteiger partial charge is 0.262 e. The van der Waals surface area contributed by atoms with Gasteiger partial charge in [0, 0.05) is 19.6 Å². The highest BCUT2D eigenvalue weighted by molar-refractivity contribution is 7.99. The van der Waals surface area contributed by atoms with Crippen LogP contribution in [0.25, 0.3) is 10.9 Å². The Morgan fingerprint density at radius 2 is 1.96 bits per heavy atom. The predicted molar refractivity (Wildman–Crippen MR) is 104 cm³/mol. The summed E-state index contributed by atoms with van der Waals surface area (Å²) in [5, 5.41) is 1.23. The Hall–Kier alpha value is -1.86. The molecule has 1 aromatic heterocycles. The van der Waals surface area contributed by atoms with E-state index in [0.29, 0.717) is 35.7 Å². The topological polar surface area (TPSA) is 64.4 Å². The largest absolute Gasteiger partial charge is 0.372 e. The number of rotatable bonds is 5. The fraction of sp³-hybridized carbons (Fsp3) is 0.526. The molecule has 1 aliphatic rings. The van der Waals surface area contributed by atoms with Gasteiger partial charge in [0.25, 0.3) is 5.56 Å². The van der Waals surface area contributed by atoms with Crippen molar-refractivity contribution in [2.45, 2.75) is 51.1 Å². The van der Waals surface area contributed by atoms with E-state index in [2.05, 4.69) is 4.98 Å². The van der Waals surface area contributed by atoms with Crippen LogP contribution < -0.4 is 5.56 Å². The van der Waals surface area contributed by atoms with Gasteiger partial charge in [-0.25, -0.2) is 4.98 Å². The van der Waals surface area contributed by atoms with Crippen molar-refractivity contribution in [2.75, 3.05) is 18.8 Å². The van der Waals surface area contributed by atoms with E-state index in [1.807, 2.05) is 43.9 Å². The second kappa shape index (κ2) is 8.22. The fourth-order valence-corrected chi connectivity index (χ4v) is 4.21. The first-order chi connectivity index (χ1) is 12.5. The quantitative estimate of drug-likeness (QED) is 0.594. The number of aromatic nitrogens is 2. The maximum Gasteiger partial charge on any atom is 0.262 e. The van der Waals surface area contributed by atoms with Crippen molar-refractivity contribution >= 4 is 28.6 Å². The molecular formula is C19H25N3O3S. The van der Waals surface area contributed by atoms with Crippen LogP contribution in [0.1, 0.15) is 27.2 Å². The number of morpholine rings is 1. The van der Waals surface area contributed by atoms with E-state index < -0.39 is 0 Å². The lowest BCUT2D eigenvalue weighted by Gasteiger charge is -2.35. The maximum atomic E-state index is 12.8. The molecule has 0 saturated carbocycles. The Balaban J connectivity index is 1.80. The highest BCUT2D eigenvalue weighted by atomic mass is 32.2. The van der Waals surface area contributed by atoms with Crippen molar-refractivity contribution in [2.24, 2.45) is 0 Å². The van der Waals surface area contributed by atoms with Gasteiger partial charge in [-0.2, -0.15) is 0 Å². The van der Waals surface area contributed by atoms with Crippen molar-refractivity contribution < 1.29 is 9.53 Å². The zero-order valence-electron chi connectivity index (χ0n) is 15.5. The third-order valence-electron chi connectivity index (χ3n) is 4.37. The van der Waals surface area contributed by atoms with E-state index in [0.717, 1.165) is 6.42 Å². The first-order valence-electron chi connectivity index (χ1n) is 9.05. The Kier molecular flexibility index (Phi) is 5.98. The normalized spacial score (nSPS) is 20.5. The van der Waals surface area contributed by atoms with Crippen LogP contribution in [0.5, 0.6) is 0 Å². The van der Waals surface area contributed by atoms with E-state index in [-0.39, 0.29) is 29.4 Å². The van der Waals surface area contributed by atoms with Crippen molar-refractivity contribution in [1.29, 1.82) is 0 Å². The van der Waals surface area contributed by atoms with Crippen LogP contribution in [0.2, 0.25) is 0 Å². The molecule has 2 heterocycles. The third kappa shape index (κ3) is 4.10. The van der Waals surface area contributed by atoms with Crippen molar-refractivity contribution in [3.8, 4) is 0 Å². The summed E-state index contributed by atoms with van der Waals surface area (Å²) in [7, 11) is 0. The van der Waals surface area contributed by atoms with Crippen LogP contribution in [0.4, 0.5) is 0 Å². The number of ether oxygens (including phenoxy) is 1. The molecule has 1 aliphatic heterocycles. The zero-order valence-corrected chi connectivity index (χ0v) is 16.3. The lowest BCUT2D eigenvalue weighted by molar-refractivity contribution is -0.140. The lowest BCUT2D eigenvalue weighted by atomic mass is 10.2. The van der Waals surface area contributed by atoms with E-state index in [9.17, 15) is 9.59 Å². The van der Waals surface area contributed by atoms with Crippen LogP contribution in [0.15, 0.2) is 34.2 Å². The first kappa shape index (κ1) is 18.9. The molecule has 140 valence electrons. The van der Waals surface area contributed by atoms with Crippen LogP contribution in [-0.4, -0.2) is 51.4 Å². The van der Waals surface area contributed by atoms with Gasteiger partial charge in [0.1, 0.15) is 0 Å². The van der Waals surface area contributed by atoms with E-state index >= 15 is 0 Å². The van der Waals surface area contributed by atoms with Crippen LogP contribution >= 0.6 is 11.8 Å². The highest BCUT2D eigenvalue weighted by Crippen LogP contribution is 2.20. The summed E-state index contributed by atoms with van der Waals surface area (Å²) in [5.74, 6) is 0.330. The summed E-state index contributed by atoms with van der Waals surface area (Å²) in [6, 6.07) is 7.35. The second-order valence-electron chi connectivity index (χ2n) is 6.71. The van der Waals surface area contributed by atoms with Crippen molar-refractivity contribution in [1.82, 2.24) is 14.5 Å². The summed E-state index contributed by atoms with van der Waals surface area (Å²) < 4.78 is 7.37. The first-order valence-corrected chi connectivity index (χ1v) is 10.0. The molecule has 0 aliphatic carbocycles. The van der Waals surface area contributed by atoms with E-state index in [1.165, 1.54) is 11.8 Å². The Morgan fingerprint density at radius 1 is 1.27 bits per heavy atom. The number of thioether (sulfide) groups is 1. The number of benzene rings is 1. The van der Waals surface area contributed by atoms with Gasteiger partial charge in [0.2, 0.25) is 5.91 Å². The second-order valence-corrected chi connectivity index (χ2v) is 7.66. The molecule has 1 saturated heterocycles. The standard InChI is InChI=1S/C19H25N3O3S/c1-4-9-22-18(24)15-7-5-6-8-16(15)20-19(22)26-12-17(23)21-10-13(2)25-14(3)11-21/h5-8,13-14H,4,9-12H2,1-3H3/t13-,14-/m0/s1. The molecule has 3 rings (SSSR count). The van der Waals surface area contributed by atoms with Gasteiger partial charge in [-0.05, 0) is 32.4 Å². The van der Waals surface area contributed by atoms with Gasteiger partial charge < -0.3 is 9.64 Å². The Bertz CT molecular complexity index is 842. The molecule has 7 heteroatoms. The summed E-state index contributed by atoms with van der Waals surface area (Å²) in [6.45, 7) is 7.80. The molecule has 0 unspecified atom stereocenters. The van der Waals surface area contributed by atoms with Gasteiger partial charge in [-0.1, -0.05) is 30.8 Å². The summed E-state index contributed by atoms with van der Waals surface area (Å²) in [4.78, 5) is 31.9. The molecule has 1 aromatic carbocycles. The minimum Gasteiger partial charge on any atom is -0.372 e. The van der Waals surface area contributed by atoms with Gasteiger partial charge in [-0.15, -0.1) is 0 Å². The molecule has 0 radical (unpaired) electrons. The number of fused-ring (bicyclic) bond motifs is 1. The summed E-state index contributed by atoms with van der Waals surface area (Å²) in [6.07, 6.45) is 0.925. The molecule has 1 fully saturated rings. The molecule has 0 N–H and O–H groups in total. The molecular weight excluding hydrogens is 350 g/mol. The highest BCUT2D eigenvalue weighted by Gasteiger charge is 2.26. The van der Waals surface area contributed by atoms with E-state index in [4.69, 9.17) is 4.74 Å². The summed E-state index contributed by atoms with van der Waals surface area (Å²) in [5.41, 5.74) is 0.634.